The Hall–Kier alpha value is -1.11. The van der Waals surface area contributed by atoms with Crippen LogP contribution >= 0.6 is 15.9 Å². The average molecular weight is 331 g/mol. The third-order valence-electron chi connectivity index (χ3n) is 2.46. The van der Waals surface area contributed by atoms with Gasteiger partial charge in [0.15, 0.2) is 6.61 Å². The minimum atomic E-state index is -0.158. The van der Waals surface area contributed by atoms with Gasteiger partial charge in [0.1, 0.15) is 5.75 Å². The third-order valence-corrected chi connectivity index (χ3v) is 3.09. The van der Waals surface area contributed by atoms with Crippen molar-refractivity contribution in [1.82, 2.24) is 5.32 Å². The van der Waals surface area contributed by atoms with Crippen LogP contribution in [0.4, 0.5) is 0 Å². The number of hydrogen-bond acceptors (Lipinski definition) is 4. The summed E-state index contributed by atoms with van der Waals surface area (Å²) in [5.74, 6) is 0.465. The molecule has 0 saturated heterocycles. The van der Waals surface area contributed by atoms with Crippen molar-refractivity contribution in [2.45, 2.75) is 13.0 Å². The maximum absolute atomic E-state index is 11.6. The van der Waals surface area contributed by atoms with Crippen LogP contribution in [-0.4, -0.2) is 32.8 Å². The molecule has 1 amide bonds. The molecule has 0 saturated carbocycles. The number of para-hydroxylation sites is 1. The van der Waals surface area contributed by atoms with Gasteiger partial charge < -0.3 is 20.5 Å². The van der Waals surface area contributed by atoms with Crippen molar-refractivity contribution in [2.75, 3.05) is 26.9 Å². The summed E-state index contributed by atoms with van der Waals surface area (Å²) in [4.78, 5) is 11.6. The van der Waals surface area contributed by atoms with Crippen molar-refractivity contribution in [3.05, 3.63) is 28.2 Å². The molecule has 0 aromatic heterocycles. The number of amides is 1. The SMILES string of the molecule is COCCCNC(=O)COc1c(Br)cccc1CN. The minimum Gasteiger partial charge on any atom is -0.482 e. The Morgan fingerprint density at radius 2 is 2.26 bits per heavy atom. The first-order valence-corrected chi connectivity index (χ1v) is 6.84. The van der Waals surface area contributed by atoms with Gasteiger partial charge in [0.2, 0.25) is 0 Å². The summed E-state index contributed by atoms with van der Waals surface area (Å²) in [7, 11) is 1.63. The highest BCUT2D eigenvalue weighted by Crippen LogP contribution is 2.28. The van der Waals surface area contributed by atoms with Gasteiger partial charge in [-0.1, -0.05) is 12.1 Å². The van der Waals surface area contributed by atoms with Crippen LogP contribution in [0.1, 0.15) is 12.0 Å². The number of hydrogen-bond donors (Lipinski definition) is 2. The van der Waals surface area contributed by atoms with Crippen LogP contribution < -0.4 is 15.8 Å². The first kappa shape index (κ1) is 15.9. The zero-order chi connectivity index (χ0) is 14.1. The molecule has 5 nitrogen and oxygen atoms in total. The van der Waals surface area contributed by atoms with Gasteiger partial charge in [-0.05, 0) is 28.4 Å². The molecule has 19 heavy (non-hydrogen) atoms. The Morgan fingerprint density at radius 1 is 1.47 bits per heavy atom. The van der Waals surface area contributed by atoms with E-state index in [0.717, 1.165) is 16.5 Å². The molecular weight excluding hydrogens is 312 g/mol. The van der Waals surface area contributed by atoms with E-state index in [0.29, 0.717) is 25.4 Å². The Morgan fingerprint density at radius 3 is 2.95 bits per heavy atom. The number of halogens is 1. The fourth-order valence-electron chi connectivity index (χ4n) is 1.51. The average Bonchev–Trinajstić information content (AvgIpc) is 2.42. The molecule has 0 aliphatic rings. The van der Waals surface area contributed by atoms with Gasteiger partial charge in [0.25, 0.3) is 5.91 Å². The molecule has 1 aromatic carbocycles. The van der Waals surface area contributed by atoms with Gasteiger partial charge in [0.05, 0.1) is 4.47 Å². The highest BCUT2D eigenvalue weighted by Gasteiger charge is 2.09. The van der Waals surface area contributed by atoms with E-state index in [1.54, 1.807) is 7.11 Å². The lowest BCUT2D eigenvalue weighted by atomic mass is 10.2. The number of nitrogens with one attached hydrogen (secondary N) is 1. The van der Waals surface area contributed by atoms with Crippen LogP contribution in [0.25, 0.3) is 0 Å². The lowest BCUT2D eigenvalue weighted by Gasteiger charge is -2.12. The Bertz CT molecular complexity index is 413. The number of rotatable bonds is 8. The first-order valence-electron chi connectivity index (χ1n) is 6.05. The lowest BCUT2D eigenvalue weighted by molar-refractivity contribution is -0.123. The number of methoxy groups -OCH3 is 1. The predicted octanol–water partition coefficient (Wildman–Crippen LogP) is 1.44. The molecule has 0 aliphatic carbocycles. The Labute approximate surface area is 121 Å². The van der Waals surface area contributed by atoms with Crippen LogP contribution in [0.5, 0.6) is 5.75 Å². The van der Waals surface area contributed by atoms with Crippen LogP contribution in [0.15, 0.2) is 22.7 Å². The molecule has 0 atom stereocenters. The second-order valence-electron chi connectivity index (χ2n) is 3.92. The minimum absolute atomic E-state index is 0.0252. The standard InChI is InChI=1S/C13H19BrN2O3/c1-18-7-3-6-16-12(17)9-19-13-10(8-15)4-2-5-11(13)14/h2,4-5H,3,6-9,15H2,1H3,(H,16,17). The van der Waals surface area contributed by atoms with Crippen LogP contribution in [0, 0.1) is 0 Å². The Kier molecular flexibility index (Phi) is 7.47. The summed E-state index contributed by atoms with van der Waals surface area (Å²) in [6, 6.07) is 5.60. The van der Waals surface area contributed by atoms with E-state index in [1.807, 2.05) is 18.2 Å². The lowest BCUT2D eigenvalue weighted by Crippen LogP contribution is -2.30. The largest absolute Gasteiger partial charge is 0.482 e. The Balaban J connectivity index is 2.42. The first-order chi connectivity index (χ1) is 9.19. The highest BCUT2D eigenvalue weighted by atomic mass is 79.9. The highest BCUT2D eigenvalue weighted by molar-refractivity contribution is 9.10. The molecule has 0 radical (unpaired) electrons. The maximum atomic E-state index is 11.6. The van der Waals surface area contributed by atoms with Gasteiger partial charge in [-0.15, -0.1) is 0 Å². The van der Waals surface area contributed by atoms with E-state index in [1.165, 1.54) is 0 Å². The summed E-state index contributed by atoms with van der Waals surface area (Å²) in [6.07, 6.45) is 0.783. The number of carbonyl (C=O) groups excluding carboxylic acids is 1. The van der Waals surface area contributed by atoms with Gasteiger partial charge in [-0.3, -0.25) is 4.79 Å². The molecule has 3 N–H and O–H groups in total. The van der Waals surface area contributed by atoms with E-state index in [2.05, 4.69) is 21.2 Å². The zero-order valence-electron chi connectivity index (χ0n) is 10.9. The molecule has 0 bridgehead atoms. The van der Waals surface area contributed by atoms with Crippen LogP contribution in [0.2, 0.25) is 0 Å². The second kappa shape index (κ2) is 8.90. The third kappa shape index (κ3) is 5.59. The summed E-state index contributed by atoms with van der Waals surface area (Å²) < 4.78 is 11.2. The number of carbonyl (C=O) groups is 1. The van der Waals surface area contributed by atoms with Crippen molar-refractivity contribution < 1.29 is 14.3 Å². The van der Waals surface area contributed by atoms with Crippen molar-refractivity contribution >= 4 is 21.8 Å². The number of nitrogens with two attached hydrogens (primary N) is 1. The van der Waals surface area contributed by atoms with Gasteiger partial charge in [-0.2, -0.15) is 0 Å². The summed E-state index contributed by atoms with van der Waals surface area (Å²) >= 11 is 3.38. The molecule has 0 spiro atoms. The molecule has 106 valence electrons. The topological polar surface area (TPSA) is 73.6 Å². The molecule has 1 rings (SSSR count). The fourth-order valence-corrected chi connectivity index (χ4v) is 2.03. The van der Waals surface area contributed by atoms with E-state index < -0.39 is 0 Å². The fraction of sp³-hybridized carbons (Fsp3) is 0.462. The van der Waals surface area contributed by atoms with Crippen molar-refractivity contribution in [3.8, 4) is 5.75 Å². The summed E-state index contributed by atoms with van der Waals surface area (Å²) in [5, 5.41) is 2.75. The number of ether oxygens (including phenoxy) is 2. The molecular formula is C13H19BrN2O3. The summed E-state index contributed by atoms with van der Waals surface area (Å²) in [6.45, 7) is 1.55. The van der Waals surface area contributed by atoms with Crippen molar-refractivity contribution in [3.63, 3.8) is 0 Å². The quantitative estimate of drug-likeness (QED) is 0.707. The van der Waals surface area contributed by atoms with Crippen LogP contribution in [-0.2, 0) is 16.1 Å². The summed E-state index contributed by atoms with van der Waals surface area (Å²) in [5.41, 5.74) is 6.49. The number of benzene rings is 1. The van der Waals surface area contributed by atoms with Gasteiger partial charge in [-0.25, -0.2) is 0 Å². The predicted molar refractivity (Wildman–Crippen MR) is 77.0 cm³/mol. The van der Waals surface area contributed by atoms with Crippen molar-refractivity contribution in [2.24, 2.45) is 5.73 Å². The molecule has 0 unspecified atom stereocenters. The van der Waals surface area contributed by atoms with E-state index >= 15 is 0 Å². The second-order valence-corrected chi connectivity index (χ2v) is 4.77. The van der Waals surface area contributed by atoms with E-state index in [9.17, 15) is 4.79 Å². The molecule has 6 heteroatoms. The maximum Gasteiger partial charge on any atom is 0.257 e. The molecule has 1 aromatic rings. The molecule has 0 heterocycles. The monoisotopic (exact) mass is 330 g/mol. The molecule has 0 fully saturated rings. The van der Waals surface area contributed by atoms with E-state index in [4.69, 9.17) is 15.2 Å². The van der Waals surface area contributed by atoms with Gasteiger partial charge in [0, 0.05) is 32.4 Å². The van der Waals surface area contributed by atoms with Gasteiger partial charge >= 0.3 is 0 Å². The molecule has 0 aliphatic heterocycles. The zero-order valence-corrected chi connectivity index (χ0v) is 12.5. The normalized spacial score (nSPS) is 10.3. The van der Waals surface area contributed by atoms with Crippen molar-refractivity contribution in [1.29, 1.82) is 0 Å². The van der Waals surface area contributed by atoms with E-state index in [-0.39, 0.29) is 12.5 Å². The van der Waals surface area contributed by atoms with Crippen LogP contribution in [0.3, 0.4) is 0 Å². The smallest absolute Gasteiger partial charge is 0.257 e.